The van der Waals surface area contributed by atoms with E-state index in [1.807, 2.05) is 0 Å². The van der Waals surface area contributed by atoms with E-state index < -0.39 is 0 Å². The van der Waals surface area contributed by atoms with Gasteiger partial charge in [-0.15, -0.1) is 5.41 Å². The zero-order valence-electron chi connectivity index (χ0n) is 12.7. The molecule has 101 valence electrons. The Balaban J connectivity index is 0.00000289. The second-order valence-electron chi connectivity index (χ2n) is 6.84. The van der Waals surface area contributed by atoms with Crippen molar-refractivity contribution in [1.82, 2.24) is 4.90 Å². The molecule has 1 heterocycles. The molecule has 4 unspecified atom stereocenters. The van der Waals surface area contributed by atoms with Crippen LogP contribution in [0.5, 0.6) is 0 Å². The fraction of sp³-hybridized carbons (Fsp3) is 0.867. The molecule has 1 rings (SSSR count). The summed E-state index contributed by atoms with van der Waals surface area (Å²) in [5.41, 5.74) is -0.0857. The molecule has 1 fully saturated rings. The molecule has 4 atom stereocenters. The van der Waals surface area contributed by atoms with Gasteiger partial charge in [-0.05, 0) is 32.5 Å². The van der Waals surface area contributed by atoms with E-state index in [0.29, 0.717) is 11.8 Å². The van der Waals surface area contributed by atoms with E-state index in [1.54, 1.807) is 0 Å². The van der Waals surface area contributed by atoms with Crippen molar-refractivity contribution >= 4 is 7.85 Å². The second-order valence-corrected chi connectivity index (χ2v) is 6.84. The molecule has 1 nitrogen and oxygen atoms in total. The molecular weight excluding hydrogens is 294 g/mol. The molecule has 0 spiro atoms. The molecule has 0 aromatic heterocycles. The Morgan fingerprint density at radius 3 is 2.56 bits per heavy atom. The topological polar surface area (TPSA) is 3.24 Å². The Kier molecular flexibility index (Phi) is 7.68. The maximum absolute atomic E-state index is 6.61. The van der Waals surface area contributed by atoms with E-state index in [1.165, 1.54) is 6.42 Å². The van der Waals surface area contributed by atoms with Gasteiger partial charge in [0.15, 0.2) is 0 Å². The van der Waals surface area contributed by atoms with Gasteiger partial charge in [-0.1, -0.05) is 38.9 Å². The van der Waals surface area contributed by atoms with Gasteiger partial charge < -0.3 is 18.7 Å². The molecule has 1 aliphatic heterocycles. The van der Waals surface area contributed by atoms with Crippen molar-refractivity contribution in [3.05, 3.63) is 13.8 Å². The fourth-order valence-electron chi connectivity index (χ4n) is 3.22. The van der Waals surface area contributed by atoms with Gasteiger partial charge in [-0.3, -0.25) is 0 Å². The maximum atomic E-state index is 6.61. The van der Waals surface area contributed by atoms with Gasteiger partial charge in [-0.25, -0.2) is 0 Å². The first-order valence-corrected chi connectivity index (χ1v) is 6.82. The van der Waals surface area contributed by atoms with Gasteiger partial charge in [0.25, 0.3) is 0 Å². The minimum absolute atomic E-state index is 0. The van der Waals surface area contributed by atoms with Crippen LogP contribution in [0.2, 0.25) is 5.31 Å². The smallest absolute Gasteiger partial charge is 0.0715 e. The van der Waals surface area contributed by atoms with Crippen LogP contribution in [0.15, 0.2) is 0 Å². The van der Waals surface area contributed by atoms with E-state index in [9.17, 15) is 0 Å². The van der Waals surface area contributed by atoms with Gasteiger partial charge in [0, 0.05) is 32.7 Å². The van der Waals surface area contributed by atoms with Crippen molar-refractivity contribution in [1.29, 1.82) is 0 Å². The first-order valence-electron chi connectivity index (χ1n) is 6.82. The van der Waals surface area contributed by atoms with Crippen molar-refractivity contribution in [3.63, 3.8) is 0 Å². The van der Waals surface area contributed by atoms with E-state index >= 15 is 0 Å². The average molecular weight is 322 g/mol. The molecule has 3 heteroatoms. The van der Waals surface area contributed by atoms with Gasteiger partial charge >= 0.3 is 0 Å². The van der Waals surface area contributed by atoms with Gasteiger partial charge in [0.2, 0.25) is 0 Å². The monoisotopic (exact) mass is 322 g/mol. The Morgan fingerprint density at radius 1 is 1.50 bits per heavy atom. The van der Waals surface area contributed by atoms with Crippen LogP contribution in [0.25, 0.3) is 0 Å². The Morgan fingerprint density at radius 2 is 2.06 bits per heavy atom. The molecule has 18 heavy (non-hydrogen) atoms. The third kappa shape index (κ3) is 4.91. The minimum Gasteiger partial charge on any atom is -0.341 e. The van der Waals surface area contributed by atoms with Crippen molar-refractivity contribution in [2.45, 2.75) is 45.3 Å². The molecular formula is C15H28BNY-2. The number of hydrogen-bond acceptors (Lipinski definition) is 1. The molecule has 0 aliphatic carbocycles. The summed E-state index contributed by atoms with van der Waals surface area (Å²) in [5.74, 6) is 1.08. The van der Waals surface area contributed by atoms with Crippen LogP contribution in [-0.2, 0) is 32.7 Å². The standard InChI is InChI=1S/C15H28BN.Y/c1-12(2)9-14(4)11-17(6)8-7-13(3)10-15(14,5)16;/h12-13H,1,4,7-11H2,2-3,5-6H3;/q-2;. The van der Waals surface area contributed by atoms with Crippen molar-refractivity contribution < 1.29 is 32.7 Å². The summed E-state index contributed by atoms with van der Waals surface area (Å²) in [6, 6.07) is 0. The van der Waals surface area contributed by atoms with Crippen LogP contribution >= 0.6 is 0 Å². The third-order valence-corrected chi connectivity index (χ3v) is 4.30. The second kappa shape index (κ2) is 7.23. The Labute approximate surface area is 141 Å². The van der Waals surface area contributed by atoms with Crippen LogP contribution in [0.1, 0.15) is 40.0 Å². The van der Waals surface area contributed by atoms with Crippen LogP contribution in [-0.4, -0.2) is 32.9 Å². The van der Waals surface area contributed by atoms with Crippen LogP contribution in [0, 0.1) is 31.1 Å². The summed E-state index contributed by atoms with van der Waals surface area (Å²) in [5, 5.41) is -0.201. The molecule has 3 radical (unpaired) electrons. The van der Waals surface area contributed by atoms with Crippen LogP contribution in [0.4, 0.5) is 0 Å². The molecule has 0 N–H and O–H groups in total. The summed E-state index contributed by atoms with van der Waals surface area (Å²) in [6.07, 6.45) is 3.30. The summed E-state index contributed by atoms with van der Waals surface area (Å²) < 4.78 is 0. The van der Waals surface area contributed by atoms with Crippen molar-refractivity contribution in [2.75, 3.05) is 20.1 Å². The molecule has 0 bridgehead atoms. The summed E-state index contributed by atoms with van der Waals surface area (Å²) in [4.78, 5) is 2.39. The fourth-order valence-corrected chi connectivity index (χ4v) is 3.22. The Bertz CT molecular complexity index is 255. The maximum Gasteiger partial charge on any atom is 0.0715 e. The Hall–Kier alpha value is 1.13. The predicted octanol–water partition coefficient (Wildman–Crippen LogP) is 3.37. The minimum atomic E-state index is -0.201. The molecule has 0 saturated carbocycles. The van der Waals surface area contributed by atoms with Crippen LogP contribution in [0.3, 0.4) is 0 Å². The molecule has 1 saturated heterocycles. The molecule has 0 aromatic carbocycles. The summed E-state index contributed by atoms with van der Waals surface area (Å²) in [7, 11) is 8.79. The predicted molar refractivity (Wildman–Crippen MR) is 76.9 cm³/mol. The van der Waals surface area contributed by atoms with E-state index in [2.05, 4.69) is 46.6 Å². The quantitative estimate of drug-likeness (QED) is 0.557. The average Bonchev–Trinajstić information content (AvgIpc) is 2.11. The van der Waals surface area contributed by atoms with E-state index in [4.69, 9.17) is 7.85 Å². The first kappa shape index (κ1) is 19.1. The normalized spacial score (nSPS) is 40.4. The van der Waals surface area contributed by atoms with E-state index in [-0.39, 0.29) is 43.4 Å². The zero-order chi connectivity index (χ0) is 13.3. The third-order valence-electron chi connectivity index (χ3n) is 4.30. The molecule has 0 aromatic rings. The van der Waals surface area contributed by atoms with E-state index in [0.717, 1.165) is 25.9 Å². The van der Waals surface area contributed by atoms with Gasteiger partial charge in [0.05, 0.1) is 7.85 Å². The number of hydrogen-bond donors (Lipinski definition) is 0. The summed E-state index contributed by atoms with van der Waals surface area (Å²) >= 11 is 0. The zero-order valence-corrected chi connectivity index (χ0v) is 15.5. The number of nitrogens with zero attached hydrogens (tertiary/aromatic N) is 1. The number of rotatable bonds is 2. The van der Waals surface area contributed by atoms with Gasteiger partial charge in [0.1, 0.15) is 0 Å². The van der Waals surface area contributed by atoms with Gasteiger partial charge in [-0.2, -0.15) is 5.92 Å². The first-order chi connectivity index (χ1) is 7.66. The largest absolute Gasteiger partial charge is 0.341 e. The summed E-state index contributed by atoms with van der Waals surface area (Å²) in [6.45, 7) is 17.4. The number of likely N-dealkylation sites (tertiary alicyclic amines) is 1. The SMILES string of the molecule is [B]C1(C)CC(C)CCN(C)CC1([CH2-])CC([CH2-])C.[Y]. The van der Waals surface area contributed by atoms with Crippen molar-refractivity contribution in [2.24, 2.45) is 17.3 Å². The van der Waals surface area contributed by atoms with Crippen LogP contribution < -0.4 is 0 Å². The molecule has 1 aliphatic rings. The van der Waals surface area contributed by atoms with Crippen molar-refractivity contribution in [3.8, 4) is 0 Å². The molecule has 0 amide bonds.